The molecule has 0 spiro atoms. The van der Waals surface area contributed by atoms with Crippen LogP contribution in [0.2, 0.25) is 0 Å². The Bertz CT molecular complexity index is 1050. The van der Waals surface area contributed by atoms with Gasteiger partial charge in [-0.3, -0.25) is 24.3 Å². The molecule has 7 nitrogen and oxygen atoms in total. The van der Waals surface area contributed by atoms with Gasteiger partial charge in [0, 0.05) is 38.3 Å². The minimum Gasteiger partial charge on any atom is -0.371 e. The molecule has 4 heterocycles. The number of rotatable bonds is 4. The zero-order chi connectivity index (χ0) is 23.5. The van der Waals surface area contributed by atoms with Gasteiger partial charge in [-0.25, -0.2) is 0 Å². The van der Waals surface area contributed by atoms with Gasteiger partial charge in [0.05, 0.1) is 29.1 Å². The van der Waals surface area contributed by atoms with Gasteiger partial charge >= 0.3 is 0 Å². The Morgan fingerprint density at radius 1 is 0.853 bits per heavy atom. The number of benzene rings is 1. The molecule has 1 aromatic carbocycles. The molecule has 0 radical (unpaired) electrons. The number of hydrogen-bond donors (Lipinski definition) is 0. The predicted molar refractivity (Wildman–Crippen MR) is 129 cm³/mol. The minimum atomic E-state index is -0.269. The Kier molecular flexibility index (Phi) is 6.61. The minimum absolute atomic E-state index is 0.0467. The third-order valence-electron chi connectivity index (χ3n) is 7.38. The van der Waals surface area contributed by atoms with Gasteiger partial charge < -0.3 is 9.80 Å². The average molecular weight is 461 g/mol. The third-order valence-corrected chi connectivity index (χ3v) is 7.38. The molecule has 3 amide bonds. The SMILES string of the molecule is O=C(C1CCN(c2cccc3c2C(=O)N(Cc2ccccn2)C3=O)CC1)N1CCCCCCC1. The lowest BCUT2D eigenvalue weighted by Gasteiger charge is -2.36. The van der Waals surface area contributed by atoms with E-state index in [0.29, 0.717) is 35.8 Å². The summed E-state index contributed by atoms with van der Waals surface area (Å²) in [7, 11) is 0. The molecule has 1 aromatic heterocycles. The fraction of sp³-hybridized carbons (Fsp3) is 0.481. The van der Waals surface area contributed by atoms with E-state index in [1.54, 1.807) is 12.3 Å². The van der Waals surface area contributed by atoms with Gasteiger partial charge in [-0.1, -0.05) is 31.4 Å². The summed E-state index contributed by atoms with van der Waals surface area (Å²) in [6.07, 6.45) is 9.13. The lowest BCUT2D eigenvalue weighted by molar-refractivity contribution is -0.136. The summed E-state index contributed by atoms with van der Waals surface area (Å²) in [6, 6.07) is 11.0. The van der Waals surface area contributed by atoms with Crippen molar-refractivity contribution in [1.29, 1.82) is 0 Å². The largest absolute Gasteiger partial charge is 0.371 e. The average Bonchev–Trinajstić information content (AvgIpc) is 3.09. The van der Waals surface area contributed by atoms with E-state index in [2.05, 4.69) is 14.8 Å². The van der Waals surface area contributed by atoms with Gasteiger partial charge in [0.1, 0.15) is 0 Å². The summed E-state index contributed by atoms with van der Waals surface area (Å²) in [5.74, 6) is -0.187. The first-order valence-corrected chi connectivity index (χ1v) is 12.6. The van der Waals surface area contributed by atoms with Crippen molar-refractivity contribution >= 4 is 23.4 Å². The molecule has 178 valence electrons. The molecular weight excluding hydrogens is 428 g/mol. The van der Waals surface area contributed by atoms with E-state index in [0.717, 1.165) is 44.5 Å². The lowest BCUT2D eigenvalue weighted by Crippen LogP contribution is -2.44. The van der Waals surface area contributed by atoms with E-state index in [1.165, 1.54) is 24.2 Å². The van der Waals surface area contributed by atoms with Crippen molar-refractivity contribution in [2.24, 2.45) is 5.92 Å². The number of amides is 3. The quantitative estimate of drug-likeness (QED) is 0.648. The molecule has 2 fully saturated rings. The summed E-state index contributed by atoms with van der Waals surface area (Å²) in [4.78, 5) is 49.3. The van der Waals surface area contributed by atoms with Crippen molar-refractivity contribution < 1.29 is 14.4 Å². The van der Waals surface area contributed by atoms with Crippen LogP contribution in [0.1, 0.15) is 71.4 Å². The number of nitrogens with zero attached hydrogens (tertiary/aromatic N) is 4. The Morgan fingerprint density at radius 3 is 2.29 bits per heavy atom. The maximum Gasteiger partial charge on any atom is 0.264 e. The highest BCUT2D eigenvalue weighted by molar-refractivity contribution is 6.23. The van der Waals surface area contributed by atoms with Crippen LogP contribution in [-0.2, 0) is 11.3 Å². The Morgan fingerprint density at radius 2 is 1.59 bits per heavy atom. The molecule has 7 heteroatoms. The first-order chi connectivity index (χ1) is 16.6. The van der Waals surface area contributed by atoms with Gasteiger partial charge in [-0.15, -0.1) is 0 Å². The molecule has 0 N–H and O–H groups in total. The number of aromatic nitrogens is 1. The van der Waals surface area contributed by atoms with Crippen LogP contribution in [-0.4, -0.2) is 58.7 Å². The molecule has 3 aliphatic heterocycles. The Balaban J connectivity index is 1.28. The fourth-order valence-corrected chi connectivity index (χ4v) is 5.47. The molecular formula is C27H32N4O3. The van der Waals surface area contributed by atoms with Gasteiger partial charge in [-0.2, -0.15) is 0 Å². The van der Waals surface area contributed by atoms with Crippen molar-refractivity contribution in [2.75, 3.05) is 31.1 Å². The van der Waals surface area contributed by atoms with Gasteiger partial charge in [-0.05, 0) is 49.9 Å². The molecule has 2 aromatic rings. The summed E-state index contributed by atoms with van der Waals surface area (Å²) in [5, 5.41) is 0. The van der Waals surface area contributed by atoms with E-state index in [1.807, 2.05) is 30.3 Å². The standard InChI is InChI=1S/C27H32N4O3/c32-25(30-15-6-2-1-3-7-16-30)20-12-17-29(18-13-20)23-11-8-10-22-24(23)27(34)31(26(22)33)19-21-9-4-5-14-28-21/h4-5,8-11,14,20H,1-3,6-7,12-13,15-19H2. The number of hydrogen-bond acceptors (Lipinski definition) is 5. The van der Waals surface area contributed by atoms with Crippen LogP contribution >= 0.6 is 0 Å². The second-order valence-corrected chi connectivity index (χ2v) is 9.57. The maximum atomic E-state index is 13.3. The van der Waals surface area contributed by atoms with Crippen molar-refractivity contribution in [3.8, 4) is 0 Å². The van der Waals surface area contributed by atoms with Crippen molar-refractivity contribution in [1.82, 2.24) is 14.8 Å². The van der Waals surface area contributed by atoms with E-state index in [4.69, 9.17) is 0 Å². The van der Waals surface area contributed by atoms with E-state index in [-0.39, 0.29) is 24.3 Å². The summed E-state index contributed by atoms with van der Waals surface area (Å²) < 4.78 is 0. The molecule has 0 bridgehead atoms. The van der Waals surface area contributed by atoms with Crippen LogP contribution < -0.4 is 4.90 Å². The number of pyridine rings is 1. The number of likely N-dealkylation sites (tertiary alicyclic amines) is 1. The first kappa shape index (κ1) is 22.6. The second-order valence-electron chi connectivity index (χ2n) is 9.57. The zero-order valence-corrected chi connectivity index (χ0v) is 19.6. The van der Waals surface area contributed by atoms with Crippen molar-refractivity contribution in [2.45, 2.75) is 51.5 Å². The number of fused-ring (bicyclic) bond motifs is 1. The zero-order valence-electron chi connectivity index (χ0n) is 19.6. The van der Waals surface area contributed by atoms with E-state index < -0.39 is 0 Å². The monoisotopic (exact) mass is 460 g/mol. The molecule has 0 aliphatic carbocycles. The van der Waals surface area contributed by atoms with Crippen LogP contribution in [0.25, 0.3) is 0 Å². The van der Waals surface area contributed by atoms with Gasteiger partial charge in [0.2, 0.25) is 5.91 Å². The van der Waals surface area contributed by atoms with Crippen molar-refractivity contribution in [3.05, 3.63) is 59.4 Å². The summed E-state index contributed by atoms with van der Waals surface area (Å²) in [5.41, 5.74) is 2.42. The molecule has 0 unspecified atom stereocenters. The third kappa shape index (κ3) is 4.43. The number of carbonyl (C=O) groups excluding carboxylic acids is 3. The van der Waals surface area contributed by atoms with Crippen molar-refractivity contribution in [3.63, 3.8) is 0 Å². The highest BCUT2D eigenvalue weighted by Gasteiger charge is 2.39. The highest BCUT2D eigenvalue weighted by atomic mass is 16.2. The topological polar surface area (TPSA) is 73.8 Å². The normalized spacial score (nSPS) is 19.7. The number of imide groups is 1. The van der Waals surface area contributed by atoms with Crippen LogP contribution in [0.4, 0.5) is 5.69 Å². The van der Waals surface area contributed by atoms with Gasteiger partial charge in [0.15, 0.2) is 0 Å². The predicted octanol–water partition coefficient (Wildman–Crippen LogP) is 3.89. The molecule has 5 rings (SSSR count). The molecule has 34 heavy (non-hydrogen) atoms. The smallest absolute Gasteiger partial charge is 0.264 e. The Hall–Kier alpha value is -3.22. The second kappa shape index (κ2) is 9.95. The maximum absolute atomic E-state index is 13.3. The highest BCUT2D eigenvalue weighted by Crippen LogP contribution is 2.35. The number of carbonyl (C=O) groups is 3. The first-order valence-electron chi connectivity index (χ1n) is 12.6. The van der Waals surface area contributed by atoms with Crippen LogP contribution in [0, 0.1) is 5.92 Å². The summed E-state index contributed by atoms with van der Waals surface area (Å²) in [6.45, 7) is 3.35. The Labute approximate surface area is 200 Å². The van der Waals surface area contributed by atoms with E-state index in [9.17, 15) is 14.4 Å². The fourth-order valence-electron chi connectivity index (χ4n) is 5.47. The molecule has 0 saturated carbocycles. The molecule has 3 aliphatic rings. The lowest BCUT2D eigenvalue weighted by atomic mass is 9.93. The molecule has 0 atom stereocenters. The number of anilines is 1. The van der Waals surface area contributed by atoms with Crippen LogP contribution in [0.3, 0.4) is 0 Å². The van der Waals surface area contributed by atoms with Gasteiger partial charge in [0.25, 0.3) is 11.8 Å². The summed E-state index contributed by atoms with van der Waals surface area (Å²) >= 11 is 0. The van der Waals surface area contributed by atoms with Crippen LogP contribution in [0.5, 0.6) is 0 Å². The van der Waals surface area contributed by atoms with E-state index >= 15 is 0 Å². The van der Waals surface area contributed by atoms with Crippen LogP contribution in [0.15, 0.2) is 42.6 Å². The number of piperidine rings is 1. The molecule has 2 saturated heterocycles.